The summed E-state index contributed by atoms with van der Waals surface area (Å²) in [5, 5.41) is 10.4. The van der Waals surface area contributed by atoms with Gasteiger partial charge in [-0.1, -0.05) is 6.08 Å². The Bertz CT molecular complexity index is 379. The minimum absolute atomic E-state index is 0.0275. The van der Waals surface area contributed by atoms with Crippen LogP contribution in [0.15, 0.2) is 11.6 Å². The first-order valence-electron chi connectivity index (χ1n) is 7.52. The topological polar surface area (TPSA) is 38.7 Å². The van der Waals surface area contributed by atoms with Crippen LogP contribution in [0.25, 0.3) is 0 Å². The van der Waals surface area contributed by atoms with Gasteiger partial charge >= 0.3 is 0 Å². The second kappa shape index (κ2) is 5.35. The number of hydrogen-bond acceptors (Lipinski definition) is 3. The van der Waals surface area contributed by atoms with Crippen LogP contribution in [-0.2, 0) is 9.47 Å². The second-order valence-electron chi connectivity index (χ2n) is 6.23. The standard InChI is InChI=1S/C15H22F2O3/c16-14(17)5-1-11(2-6-14)13(18)12-3-7-15(8-4-12)19-9-10-20-15/h3,11,13,18H,1-2,4-10H2. The highest BCUT2D eigenvalue weighted by Crippen LogP contribution is 2.42. The van der Waals surface area contributed by atoms with E-state index in [2.05, 4.69) is 0 Å². The van der Waals surface area contributed by atoms with E-state index >= 15 is 0 Å². The van der Waals surface area contributed by atoms with Gasteiger partial charge in [0.1, 0.15) is 0 Å². The van der Waals surface area contributed by atoms with Crippen molar-refractivity contribution in [3.63, 3.8) is 0 Å². The van der Waals surface area contributed by atoms with E-state index in [-0.39, 0.29) is 18.8 Å². The number of ether oxygens (including phenoxy) is 2. The van der Waals surface area contributed by atoms with E-state index in [9.17, 15) is 13.9 Å². The van der Waals surface area contributed by atoms with Crippen LogP contribution in [0.2, 0.25) is 0 Å². The average Bonchev–Trinajstić information content (AvgIpc) is 2.87. The van der Waals surface area contributed by atoms with Gasteiger partial charge in [-0.2, -0.15) is 0 Å². The van der Waals surface area contributed by atoms with Gasteiger partial charge in [-0.15, -0.1) is 0 Å². The molecule has 1 atom stereocenters. The molecule has 2 aliphatic carbocycles. The fourth-order valence-corrected chi connectivity index (χ4v) is 3.53. The summed E-state index contributed by atoms with van der Waals surface area (Å²) in [6.45, 7) is 1.26. The van der Waals surface area contributed by atoms with Crippen molar-refractivity contribution in [3.8, 4) is 0 Å². The lowest BCUT2D eigenvalue weighted by Gasteiger charge is -2.36. The molecule has 114 valence electrons. The molecule has 1 spiro atoms. The molecule has 0 aromatic heterocycles. The first kappa shape index (κ1) is 14.4. The van der Waals surface area contributed by atoms with E-state index < -0.39 is 17.8 Å². The Morgan fingerprint density at radius 3 is 2.35 bits per heavy atom. The zero-order valence-electron chi connectivity index (χ0n) is 11.6. The van der Waals surface area contributed by atoms with Gasteiger partial charge in [-0.3, -0.25) is 0 Å². The SMILES string of the molecule is OC(C1=CCC2(CC1)OCCO2)C1CCC(F)(F)CC1. The molecule has 1 saturated carbocycles. The third-order valence-corrected chi connectivity index (χ3v) is 4.87. The predicted molar refractivity (Wildman–Crippen MR) is 69.5 cm³/mol. The number of hydrogen-bond donors (Lipinski definition) is 1. The Morgan fingerprint density at radius 1 is 1.15 bits per heavy atom. The number of halogens is 2. The zero-order chi connectivity index (χ0) is 14.2. The second-order valence-corrected chi connectivity index (χ2v) is 6.23. The van der Waals surface area contributed by atoms with Crippen LogP contribution in [-0.4, -0.2) is 36.1 Å². The Labute approximate surface area is 117 Å². The van der Waals surface area contributed by atoms with Crippen molar-refractivity contribution in [2.24, 2.45) is 5.92 Å². The Hall–Kier alpha value is -0.520. The largest absolute Gasteiger partial charge is 0.388 e. The molecule has 3 aliphatic rings. The van der Waals surface area contributed by atoms with E-state index in [1.807, 2.05) is 6.08 Å². The smallest absolute Gasteiger partial charge is 0.248 e. The molecular formula is C15H22F2O3. The molecule has 0 amide bonds. The molecule has 1 saturated heterocycles. The number of rotatable bonds is 2. The Kier molecular flexibility index (Phi) is 3.86. The average molecular weight is 288 g/mol. The van der Waals surface area contributed by atoms with Gasteiger partial charge in [0.05, 0.1) is 19.3 Å². The summed E-state index contributed by atoms with van der Waals surface area (Å²) in [4.78, 5) is 0. The van der Waals surface area contributed by atoms with Crippen molar-refractivity contribution in [1.29, 1.82) is 0 Å². The van der Waals surface area contributed by atoms with Crippen LogP contribution >= 0.6 is 0 Å². The molecule has 3 rings (SSSR count). The highest BCUT2D eigenvalue weighted by Gasteiger charge is 2.41. The van der Waals surface area contributed by atoms with Gasteiger partial charge < -0.3 is 14.6 Å². The third kappa shape index (κ3) is 2.90. The maximum absolute atomic E-state index is 13.2. The molecule has 2 fully saturated rings. The van der Waals surface area contributed by atoms with Crippen molar-refractivity contribution in [3.05, 3.63) is 11.6 Å². The zero-order valence-corrected chi connectivity index (χ0v) is 11.6. The highest BCUT2D eigenvalue weighted by molar-refractivity contribution is 5.15. The predicted octanol–water partition coefficient (Wildman–Crippen LogP) is 3.03. The van der Waals surface area contributed by atoms with Crippen LogP contribution in [0, 0.1) is 5.92 Å². The monoisotopic (exact) mass is 288 g/mol. The minimum Gasteiger partial charge on any atom is -0.388 e. The summed E-state index contributed by atoms with van der Waals surface area (Å²) in [5.41, 5.74) is 0.977. The molecule has 0 radical (unpaired) electrons. The van der Waals surface area contributed by atoms with E-state index in [4.69, 9.17) is 9.47 Å². The lowest BCUT2D eigenvalue weighted by atomic mass is 9.78. The van der Waals surface area contributed by atoms with Crippen LogP contribution < -0.4 is 0 Å². The summed E-state index contributed by atoms with van der Waals surface area (Å²) in [6.07, 6.45) is 4.16. The lowest BCUT2D eigenvalue weighted by Crippen LogP contribution is -2.36. The van der Waals surface area contributed by atoms with E-state index in [1.165, 1.54) is 0 Å². The fraction of sp³-hybridized carbons (Fsp3) is 0.867. The van der Waals surface area contributed by atoms with Gasteiger partial charge in [-0.25, -0.2) is 8.78 Å². The van der Waals surface area contributed by atoms with Crippen molar-refractivity contribution < 1.29 is 23.4 Å². The van der Waals surface area contributed by atoms with Gasteiger partial charge in [0.2, 0.25) is 5.92 Å². The maximum atomic E-state index is 13.2. The van der Waals surface area contributed by atoms with E-state index in [0.717, 1.165) is 18.4 Å². The summed E-state index contributed by atoms with van der Waals surface area (Å²) < 4.78 is 37.6. The quantitative estimate of drug-likeness (QED) is 0.794. The molecule has 5 heteroatoms. The molecular weight excluding hydrogens is 266 g/mol. The van der Waals surface area contributed by atoms with Crippen LogP contribution in [0.1, 0.15) is 44.9 Å². The summed E-state index contributed by atoms with van der Waals surface area (Å²) in [6, 6.07) is 0. The number of aliphatic hydroxyl groups excluding tert-OH is 1. The van der Waals surface area contributed by atoms with E-state index in [0.29, 0.717) is 32.5 Å². The molecule has 1 heterocycles. The molecule has 1 N–H and O–H groups in total. The van der Waals surface area contributed by atoms with Crippen LogP contribution in [0.3, 0.4) is 0 Å². The lowest BCUT2D eigenvalue weighted by molar-refractivity contribution is -0.162. The highest BCUT2D eigenvalue weighted by atomic mass is 19.3. The molecule has 0 aromatic carbocycles. The van der Waals surface area contributed by atoms with Crippen LogP contribution in [0.4, 0.5) is 8.78 Å². The first-order valence-corrected chi connectivity index (χ1v) is 7.52. The van der Waals surface area contributed by atoms with Gasteiger partial charge in [0.15, 0.2) is 5.79 Å². The van der Waals surface area contributed by atoms with Gasteiger partial charge in [-0.05, 0) is 30.8 Å². The summed E-state index contributed by atoms with van der Waals surface area (Å²) in [5.74, 6) is -3.05. The Balaban J connectivity index is 1.58. The van der Waals surface area contributed by atoms with E-state index in [1.54, 1.807) is 0 Å². The normalized spacial score (nSPS) is 31.2. The minimum atomic E-state index is -2.53. The molecule has 20 heavy (non-hydrogen) atoms. The molecule has 0 bridgehead atoms. The Morgan fingerprint density at radius 2 is 1.80 bits per heavy atom. The number of alkyl halides is 2. The maximum Gasteiger partial charge on any atom is 0.248 e. The third-order valence-electron chi connectivity index (χ3n) is 4.87. The van der Waals surface area contributed by atoms with Crippen LogP contribution in [0.5, 0.6) is 0 Å². The van der Waals surface area contributed by atoms with Gasteiger partial charge in [0, 0.05) is 25.7 Å². The van der Waals surface area contributed by atoms with Crippen molar-refractivity contribution in [2.45, 2.75) is 62.8 Å². The summed E-state index contributed by atoms with van der Waals surface area (Å²) in [7, 11) is 0. The molecule has 1 unspecified atom stereocenters. The van der Waals surface area contributed by atoms with Gasteiger partial charge in [0.25, 0.3) is 0 Å². The molecule has 1 aliphatic heterocycles. The molecule has 3 nitrogen and oxygen atoms in total. The van der Waals surface area contributed by atoms with Crippen molar-refractivity contribution >= 4 is 0 Å². The summed E-state index contributed by atoms with van der Waals surface area (Å²) >= 11 is 0. The molecule has 0 aromatic rings. The fourth-order valence-electron chi connectivity index (χ4n) is 3.53. The van der Waals surface area contributed by atoms with Crippen molar-refractivity contribution in [2.75, 3.05) is 13.2 Å². The number of aliphatic hydroxyl groups is 1. The first-order chi connectivity index (χ1) is 9.50. The van der Waals surface area contributed by atoms with Crippen molar-refractivity contribution in [1.82, 2.24) is 0 Å².